The van der Waals surface area contributed by atoms with Crippen LogP contribution in [-0.4, -0.2) is 31.1 Å². The van der Waals surface area contributed by atoms with Crippen LogP contribution in [0.2, 0.25) is 0 Å². The molecule has 15 heavy (non-hydrogen) atoms. The highest BCUT2D eigenvalue weighted by Gasteiger charge is 2.50. The van der Waals surface area contributed by atoms with Crippen LogP contribution in [0.5, 0.6) is 0 Å². The van der Waals surface area contributed by atoms with Crippen LogP contribution in [0.25, 0.3) is 0 Å². The summed E-state index contributed by atoms with van der Waals surface area (Å²) in [5, 5.41) is 1.02. The summed E-state index contributed by atoms with van der Waals surface area (Å²) < 4.78 is 17.2. The molecule has 0 aliphatic carbocycles. The summed E-state index contributed by atoms with van der Waals surface area (Å²) in [6.45, 7) is 6.61. The average Bonchev–Trinajstić information content (AvgIpc) is 2.21. The van der Waals surface area contributed by atoms with Crippen molar-refractivity contribution in [1.82, 2.24) is 0 Å². The number of ether oxygens (including phenoxy) is 3. The fourth-order valence-corrected chi connectivity index (χ4v) is 2.78. The number of rotatable bonds is 4. The molecule has 0 saturated carbocycles. The molecule has 1 atom stereocenters. The van der Waals surface area contributed by atoms with Crippen molar-refractivity contribution in [3.8, 4) is 0 Å². The van der Waals surface area contributed by atoms with E-state index in [1.54, 1.807) is 0 Å². The van der Waals surface area contributed by atoms with Gasteiger partial charge in [-0.05, 0) is 12.3 Å². The van der Waals surface area contributed by atoms with Crippen LogP contribution in [0.3, 0.4) is 0 Å². The summed E-state index contributed by atoms with van der Waals surface area (Å²) in [6.07, 6.45) is 1.95. The van der Waals surface area contributed by atoms with E-state index >= 15 is 0 Å². The maximum atomic E-state index is 5.72. The van der Waals surface area contributed by atoms with E-state index < -0.39 is 5.97 Å². The van der Waals surface area contributed by atoms with Crippen LogP contribution >= 0.6 is 15.9 Å². The van der Waals surface area contributed by atoms with Gasteiger partial charge in [0.1, 0.15) is 0 Å². The second-order valence-electron chi connectivity index (χ2n) is 5.15. The summed E-state index contributed by atoms with van der Waals surface area (Å²) in [5.74, 6) is -0.189. The molecule has 1 unspecified atom stereocenters. The van der Waals surface area contributed by atoms with E-state index in [9.17, 15) is 0 Å². The Morgan fingerprint density at radius 3 is 2.20 bits per heavy atom. The van der Waals surface area contributed by atoms with E-state index in [1.165, 1.54) is 0 Å². The first-order valence-corrected chi connectivity index (χ1v) is 6.68. The van der Waals surface area contributed by atoms with E-state index in [2.05, 4.69) is 29.8 Å². The van der Waals surface area contributed by atoms with Gasteiger partial charge in [0.25, 0.3) is 5.97 Å². The molecule has 3 rings (SSSR count). The average molecular weight is 279 g/mol. The first kappa shape index (κ1) is 11.8. The van der Waals surface area contributed by atoms with Gasteiger partial charge in [-0.15, -0.1) is 0 Å². The Kier molecular flexibility index (Phi) is 3.41. The van der Waals surface area contributed by atoms with Crippen LogP contribution in [0, 0.1) is 11.3 Å². The SMILES string of the molecule is CC(CCBr)CC12OCC(C)(CO1)CO2. The Hall–Kier alpha value is 0.360. The zero-order valence-corrected chi connectivity index (χ0v) is 11.0. The number of hydrogen-bond acceptors (Lipinski definition) is 3. The molecular weight excluding hydrogens is 260 g/mol. The van der Waals surface area contributed by atoms with E-state index in [-0.39, 0.29) is 5.41 Å². The van der Waals surface area contributed by atoms with Crippen molar-refractivity contribution in [2.75, 3.05) is 25.2 Å². The number of halogens is 1. The van der Waals surface area contributed by atoms with Gasteiger partial charge in [0.15, 0.2) is 0 Å². The van der Waals surface area contributed by atoms with E-state index in [0.29, 0.717) is 5.92 Å². The van der Waals surface area contributed by atoms with E-state index in [0.717, 1.165) is 38.0 Å². The van der Waals surface area contributed by atoms with Crippen molar-refractivity contribution in [2.24, 2.45) is 11.3 Å². The Balaban J connectivity index is 1.92. The minimum atomic E-state index is -0.737. The fraction of sp³-hybridized carbons (Fsp3) is 1.00. The molecule has 3 fully saturated rings. The van der Waals surface area contributed by atoms with Crippen LogP contribution in [0.1, 0.15) is 26.7 Å². The van der Waals surface area contributed by atoms with Gasteiger partial charge in [-0.2, -0.15) is 0 Å². The minimum Gasteiger partial charge on any atom is -0.327 e. The molecule has 3 saturated heterocycles. The fourth-order valence-electron chi connectivity index (χ4n) is 1.99. The Morgan fingerprint density at radius 1 is 1.20 bits per heavy atom. The van der Waals surface area contributed by atoms with Crippen molar-refractivity contribution in [3.05, 3.63) is 0 Å². The van der Waals surface area contributed by atoms with E-state index in [4.69, 9.17) is 14.2 Å². The van der Waals surface area contributed by atoms with Gasteiger partial charge in [-0.1, -0.05) is 29.8 Å². The number of fused-ring (bicyclic) bond motifs is 3. The first-order chi connectivity index (χ1) is 7.08. The molecule has 0 radical (unpaired) electrons. The number of hydrogen-bond donors (Lipinski definition) is 0. The summed E-state index contributed by atoms with van der Waals surface area (Å²) in [6, 6.07) is 0. The molecule has 0 aromatic carbocycles. The molecular formula is C11H19BrO3. The summed E-state index contributed by atoms with van der Waals surface area (Å²) in [4.78, 5) is 0. The third-order valence-electron chi connectivity index (χ3n) is 3.12. The lowest BCUT2D eigenvalue weighted by atomic mass is 9.90. The highest BCUT2D eigenvalue weighted by atomic mass is 79.9. The molecule has 0 aromatic heterocycles. The largest absolute Gasteiger partial charge is 0.327 e. The Bertz CT molecular complexity index is 207. The summed E-state index contributed by atoms with van der Waals surface area (Å²) >= 11 is 3.45. The Labute approximate surface area is 99.6 Å². The van der Waals surface area contributed by atoms with Gasteiger partial charge >= 0.3 is 0 Å². The molecule has 3 nitrogen and oxygen atoms in total. The molecule has 0 amide bonds. The summed E-state index contributed by atoms with van der Waals surface area (Å²) in [7, 11) is 0. The second-order valence-corrected chi connectivity index (χ2v) is 5.94. The molecule has 0 spiro atoms. The van der Waals surface area contributed by atoms with Crippen molar-refractivity contribution >= 4 is 15.9 Å². The molecule has 3 aliphatic rings. The topological polar surface area (TPSA) is 27.7 Å². The maximum Gasteiger partial charge on any atom is 0.283 e. The van der Waals surface area contributed by atoms with E-state index in [1.807, 2.05) is 0 Å². The van der Waals surface area contributed by atoms with Gasteiger partial charge in [-0.3, -0.25) is 0 Å². The Morgan fingerprint density at radius 2 is 1.73 bits per heavy atom. The van der Waals surface area contributed by atoms with Crippen LogP contribution < -0.4 is 0 Å². The van der Waals surface area contributed by atoms with Crippen molar-refractivity contribution < 1.29 is 14.2 Å². The molecule has 3 heterocycles. The van der Waals surface area contributed by atoms with Crippen molar-refractivity contribution in [2.45, 2.75) is 32.7 Å². The lowest BCUT2D eigenvalue weighted by Gasteiger charge is -2.51. The van der Waals surface area contributed by atoms with Gasteiger partial charge in [0.05, 0.1) is 19.8 Å². The third-order valence-corrected chi connectivity index (χ3v) is 3.58. The van der Waals surface area contributed by atoms with Crippen LogP contribution in [0.15, 0.2) is 0 Å². The lowest BCUT2D eigenvalue weighted by molar-refractivity contribution is -0.470. The van der Waals surface area contributed by atoms with Crippen LogP contribution in [0.4, 0.5) is 0 Å². The number of alkyl halides is 1. The minimum absolute atomic E-state index is 0.0699. The lowest BCUT2D eigenvalue weighted by Crippen LogP contribution is -2.59. The molecule has 2 bridgehead atoms. The molecule has 0 N–H and O–H groups in total. The monoisotopic (exact) mass is 278 g/mol. The smallest absolute Gasteiger partial charge is 0.283 e. The van der Waals surface area contributed by atoms with Crippen molar-refractivity contribution in [3.63, 3.8) is 0 Å². The van der Waals surface area contributed by atoms with Crippen LogP contribution in [-0.2, 0) is 14.2 Å². The molecule has 0 aromatic rings. The predicted molar refractivity (Wildman–Crippen MR) is 60.9 cm³/mol. The van der Waals surface area contributed by atoms with Crippen molar-refractivity contribution in [1.29, 1.82) is 0 Å². The quantitative estimate of drug-likeness (QED) is 0.740. The second kappa shape index (κ2) is 4.32. The van der Waals surface area contributed by atoms with Gasteiger partial charge in [0.2, 0.25) is 0 Å². The molecule has 4 heteroatoms. The van der Waals surface area contributed by atoms with Gasteiger partial charge in [-0.25, -0.2) is 0 Å². The maximum absolute atomic E-state index is 5.72. The zero-order chi connectivity index (χ0) is 10.9. The first-order valence-electron chi connectivity index (χ1n) is 5.55. The van der Waals surface area contributed by atoms with Gasteiger partial charge < -0.3 is 14.2 Å². The predicted octanol–water partition coefficient (Wildman–Crippen LogP) is 2.53. The standard InChI is InChI=1S/C11H19BrO3/c1-9(3-4-12)5-11-13-6-10(2,7-14-11)8-15-11/h9H,3-8H2,1-2H3. The van der Waals surface area contributed by atoms with Gasteiger partial charge in [0, 0.05) is 17.2 Å². The molecule has 3 aliphatic heterocycles. The zero-order valence-electron chi connectivity index (χ0n) is 9.42. The normalized spacial score (nSPS) is 41.8. The third kappa shape index (κ3) is 2.54. The highest BCUT2D eigenvalue weighted by molar-refractivity contribution is 9.09. The molecule has 88 valence electrons. The summed E-state index contributed by atoms with van der Waals surface area (Å²) in [5.41, 5.74) is 0.0699. The highest BCUT2D eigenvalue weighted by Crippen LogP contribution is 2.41.